The van der Waals surface area contributed by atoms with Crippen molar-refractivity contribution in [2.45, 2.75) is 0 Å². The topological polar surface area (TPSA) is 179 Å². The van der Waals surface area contributed by atoms with Crippen LogP contribution in [0.5, 0.6) is 0 Å². The molecule has 1 N–H and O–H groups in total. The van der Waals surface area contributed by atoms with Crippen LogP contribution < -0.4 is 172 Å². The van der Waals surface area contributed by atoms with Crippen molar-refractivity contribution >= 4 is 15.6 Å². The fourth-order valence-corrected chi connectivity index (χ4v) is 0.458. The third kappa shape index (κ3) is 83.2. The molecule has 0 radical (unpaired) electrons. The van der Waals surface area contributed by atoms with Gasteiger partial charge in [-0.3, -0.25) is 0 Å². The van der Waals surface area contributed by atoms with E-state index in [4.69, 9.17) is 24.4 Å². The van der Waals surface area contributed by atoms with Gasteiger partial charge in [0, 0.05) is 0 Å². The Morgan fingerprint density at radius 2 is 1.06 bits per heavy atom. The first-order valence-corrected chi connectivity index (χ1v) is 5.49. The zero-order chi connectivity index (χ0) is 11.1. The summed E-state index contributed by atoms with van der Waals surface area (Å²) in [4.78, 5) is 44.7. The molecule has 0 bridgehead atoms. The zero-order valence-electron chi connectivity index (χ0n) is 11.0. The van der Waals surface area contributed by atoms with Gasteiger partial charge in [-0.25, -0.2) is 0 Å². The predicted octanol–water partition coefficient (Wildman–Crippen LogP) is -20.0. The van der Waals surface area contributed by atoms with Gasteiger partial charge in [0.2, 0.25) is 0 Å². The summed E-state index contributed by atoms with van der Waals surface area (Å²) >= 11 is 0. The Bertz CT molecular complexity index is 207. The van der Waals surface area contributed by atoms with Gasteiger partial charge in [-0.15, -0.1) is 0 Å². The predicted molar refractivity (Wildman–Crippen MR) is 28.3 cm³/mol. The van der Waals surface area contributed by atoms with E-state index >= 15 is 0 Å². The van der Waals surface area contributed by atoms with Gasteiger partial charge in [0.1, 0.15) is 0 Å². The Balaban J connectivity index is -0.0000000222. The smallest absolute Gasteiger partial charge is 0.822 e. The molecule has 0 rings (SSSR count). The summed E-state index contributed by atoms with van der Waals surface area (Å²) in [5.41, 5.74) is 0. The molecule has 0 atom stereocenters. The molecular weight excluding hydrogens is 345 g/mol. The van der Waals surface area contributed by atoms with Crippen LogP contribution in [0.2, 0.25) is 0 Å². The van der Waals surface area contributed by atoms with Gasteiger partial charge in [0.05, 0.1) is 21.0 Å². The Hall–Kier alpha value is 5.18. The molecule has 0 unspecified atom stereocenters. The van der Waals surface area contributed by atoms with E-state index in [1.165, 1.54) is 0 Å². The van der Waals surface area contributed by atoms with E-state index in [1.807, 2.05) is 0 Å². The van der Waals surface area contributed by atoms with Gasteiger partial charge in [-0.1, -0.05) is 0 Å². The number of hydrogen-bond acceptors (Lipinski definition) is 9. The Labute approximate surface area is 215 Å². The minimum Gasteiger partial charge on any atom is -0.822 e. The molecule has 18 heavy (non-hydrogen) atoms. The second-order valence-corrected chi connectivity index (χ2v) is 3.50. The Morgan fingerprint density at radius 1 is 0.833 bits per heavy atom. The summed E-state index contributed by atoms with van der Waals surface area (Å²) in [5, 5.41) is 7.91. The molecule has 0 saturated carbocycles. The standard InChI is InChI=1S/C2H7O5P.5Na.H3O4P/c3-1-2-7-8(4,5)6;;;;;;1-5(2,3)4/h3H,1-2H2,(H2,4,5,6);;;;;;(H3,1,2,3,4)/q;5*+1;/p-5. The van der Waals surface area contributed by atoms with E-state index in [0.29, 0.717) is 0 Å². The number of phosphoric acid groups is 2. The molecule has 0 aromatic heterocycles. The van der Waals surface area contributed by atoms with Crippen LogP contribution in [0.3, 0.4) is 0 Å². The molecule has 0 heterocycles. The fourth-order valence-electron chi connectivity index (χ4n) is 0.153. The second kappa shape index (κ2) is 24.4. The van der Waals surface area contributed by atoms with Crippen molar-refractivity contribution in [3.63, 3.8) is 0 Å². The molecule has 9 nitrogen and oxygen atoms in total. The van der Waals surface area contributed by atoms with Crippen LogP contribution in [0.15, 0.2) is 0 Å². The minimum atomic E-state index is -5.39. The molecule has 0 fully saturated rings. The maximum absolute atomic E-state index is 9.53. The van der Waals surface area contributed by atoms with E-state index in [0.717, 1.165) is 0 Å². The van der Waals surface area contributed by atoms with Crippen LogP contribution in [0.25, 0.3) is 0 Å². The van der Waals surface area contributed by atoms with Crippen LogP contribution in [0.1, 0.15) is 0 Å². The van der Waals surface area contributed by atoms with E-state index in [1.54, 1.807) is 0 Å². The SMILES string of the molecule is O=P([O-])([O-])OCCO.O=P([O-])([O-])[O-].[Na+].[Na+].[Na+].[Na+].[Na+]. The fraction of sp³-hybridized carbons (Fsp3) is 1.00. The summed E-state index contributed by atoms with van der Waals surface area (Å²) in [6.07, 6.45) is 0. The molecule has 0 aromatic carbocycles. The molecule has 82 valence electrons. The maximum atomic E-state index is 9.53. The Morgan fingerprint density at radius 3 is 1.11 bits per heavy atom. The monoisotopic (exact) mass is 350 g/mol. The summed E-state index contributed by atoms with van der Waals surface area (Å²) in [6.45, 7) is -0.918. The number of hydrogen-bond donors (Lipinski definition) is 1. The quantitative estimate of drug-likeness (QED) is 0.382. The van der Waals surface area contributed by atoms with Crippen LogP contribution in [0, 0.1) is 0 Å². The summed E-state index contributed by atoms with van der Waals surface area (Å²) in [6, 6.07) is 0. The largest absolute Gasteiger partial charge is 1.00 e. The van der Waals surface area contributed by atoms with E-state index < -0.39 is 28.9 Å². The van der Waals surface area contributed by atoms with Gasteiger partial charge < -0.3 is 43.2 Å². The van der Waals surface area contributed by atoms with Crippen molar-refractivity contribution < 1.29 is 191 Å². The number of rotatable bonds is 3. The molecule has 0 amide bonds. The van der Waals surface area contributed by atoms with Crippen molar-refractivity contribution in [1.82, 2.24) is 0 Å². The molecule has 0 aliphatic carbocycles. The first kappa shape index (κ1) is 43.6. The molecule has 0 aliphatic rings. The average Bonchev–Trinajstić information content (AvgIpc) is 1.77. The molecular formula is C2H5Na5O9P2. The first-order valence-electron chi connectivity index (χ1n) is 2.57. The summed E-state index contributed by atoms with van der Waals surface area (Å²) < 4.78 is 21.7. The van der Waals surface area contributed by atoms with Crippen LogP contribution in [-0.4, -0.2) is 18.3 Å². The van der Waals surface area contributed by atoms with Crippen molar-refractivity contribution in [2.24, 2.45) is 0 Å². The van der Waals surface area contributed by atoms with Gasteiger partial charge in [0.15, 0.2) is 0 Å². The molecule has 0 saturated heterocycles. The number of phosphoric ester groups is 1. The Kier molecular flexibility index (Phi) is 59.1. The maximum Gasteiger partial charge on any atom is 1.00 e. The van der Waals surface area contributed by atoms with Crippen LogP contribution in [-0.2, 0) is 13.7 Å². The van der Waals surface area contributed by atoms with Gasteiger partial charge in [-0.2, -0.15) is 7.82 Å². The zero-order valence-corrected chi connectivity index (χ0v) is 22.8. The van der Waals surface area contributed by atoms with Crippen molar-refractivity contribution in [1.29, 1.82) is 0 Å². The number of aliphatic hydroxyl groups is 1. The van der Waals surface area contributed by atoms with E-state index in [2.05, 4.69) is 4.52 Å². The van der Waals surface area contributed by atoms with Crippen molar-refractivity contribution in [3.8, 4) is 0 Å². The number of aliphatic hydroxyl groups excluding tert-OH is 1. The third-order valence-corrected chi connectivity index (χ3v) is 0.839. The van der Waals surface area contributed by atoms with Gasteiger partial charge in [-0.05, 0) is 0 Å². The van der Waals surface area contributed by atoms with Crippen molar-refractivity contribution in [2.75, 3.05) is 13.2 Å². The summed E-state index contributed by atoms with van der Waals surface area (Å²) in [5.74, 6) is 0. The van der Waals surface area contributed by atoms with Crippen molar-refractivity contribution in [3.05, 3.63) is 0 Å². The third-order valence-electron chi connectivity index (χ3n) is 0.341. The molecule has 16 heteroatoms. The molecule has 0 spiro atoms. The van der Waals surface area contributed by atoms with Crippen LogP contribution in [0.4, 0.5) is 0 Å². The molecule has 0 aromatic rings. The average molecular weight is 350 g/mol. The first-order chi connectivity index (χ1) is 5.56. The van der Waals surface area contributed by atoms with Crippen LogP contribution >= 0.6 is 15.6 Å². The van der Waals surface area contributed by atoms with E-state index in [-0.39, 0.29) is 148 Å². The normalized spacial score (nSPS) is 8.56. The minimum absolute atomic E-state index is 0. The molecule has 0 aliphatic heterocycles. The second-order valence-electron chi connectivity index (χ2n) is 1.45. The van der Waals surface area contributed by atoms with Gasteiger partial charge in [0.25, 0.3) is 0 Å². The summed E-state index contributed by atoms with van der Waals surface area (Å²) in [7, 11) is -10.2. The van der Waals surface area contributed by atoms with E-state index in [9.17, 15) is 14.4 Å². The van der Waals surface area contributed by atoms with Gasteiger partial charge >= 0.3 is 148 Å².